The standard InChI is InChI=1S/C18H16ClF3N6/c1-9-3-4-12(5-10(9)2)27-16-14(23)17(26-8-25-16)28-15-13(19)6-11(7-24-15)18(20,21)22/h3-8H,23H2,1-2H3,(H2,24,25,26,27,28). The number of anilines is 5. The van der Waals surface area contributed by atoms with Crippen LogP contribution in [0.5, 0.6) is 0 Å². The Labute approximate surface area is 164 Å². The van der Waals surface area contributed by atoms with Crippen LogP contribution in [-0.2, 0) is 6.18 Å². The zero-order chi connectivity index (χ0) is 20.5. The average molecular weight is 409 g/mol. The van der Waals surface area contributed by atoms with E-state index in [2.05, 4.69) is 25.6 Å². The van der Waals surface area contributed by atoms with E-state index < -0.39 is 11.7 Å². The molecule has 0 saturated heterocycles. The van der Waals surface area contributed by atoms with Crippen molar-refractivity contribution < 1.29 is 13.2 Å². The molecule has 0 radical (unpaired) electrons. The Morgan fingerprint density at radius 3 is 2.21 bits per heavy atom. The van der Waals surface area contributed by atoms with Gasteiger partial charge in [0.15, 0.2) is 11.6 Å². The lowest BCUT2D eigenvalue weighted by atomic mass is 10.1. The zero-order valence-electron chi connectivity index (χ0n) is 14.9. The van der Waals surface area contributed by atoms with E-state index >= 15 is 0 Å². The topological polar surface area (TPSA) is 88.8 Å². The molecule has 2 heterocycles. The summed E-state index contributed by atoms with van der Waals surface area (Å²) >= 11 is 5.91. The number of rotatable bonds is 4. The number of aromatic nitrogens is 3. The van der Waals surface area contributed by atoms with Crippen molar-refractivity contribution in [3.05, 3.63) is 58.5 Å². The van der Waals surface area contributed by atoms with Gasteiger partial charge >= 0.3 is 6.18 Å². The average Bonchev–Trinajstić information content (AvgIpc) is 2.62. The maximum absolute atomic E-state index is 12.7. The van der Waals surface area contributed by atoms with Crippen LogP contribution in [-0.4, -0.2) is 15.0 Å². The van der Waals surface area contributed by atoms with E-state index in [1.54, 1.807) is 0 Å². The van der Waals surface area contributed by atoms with Crippen LogP contribution in [0.15, 0.2) is 36.8 Å². The summed E-state index contributed by atoms with van der Waals surface area (Å²) in [4.78, 5) is 11.8. The molecule has 3 aromatic rings. The summed E-state index contributed by atoms with van der Waals surface area (Å²) in [6, 6.07) is 6.56. The van der Waals surface area contributed by atoms with Crippen LogP contribution < -0.4 is 16.4 Å². The smallest absolute Gasteiger partial charge is 0.393 e. The first-order chi connectivity index (χ1) is 13.1. The van der Waals surface area contributed by atoms with Crippen molar-refractivity contribution in [1.82, 2.24) is 15.0 Å². The highest BCUT2D eigenvalue weighted by molar-refractivity contribution is 6.33. The molecule has 0 saturated carbocycles. The Morgan fingerprint density at radius 1 is 0.929 bits per heavy atom. The maximum Gasteiger partial charge on any atom is 0.417 e. The third kappa shape index (κ3) is 4.25. The zero-order valence-corrected chi connectivity index (χ0v) is 15.7. The maximum atomic E-state index is 12.7. The fraction of sp³-hybridized carbons (Fsp3) is 0.167. The number of nitrogens with one attached hydrogen (secondary N) is 2. The number of halogens is 4. The molecule has 0 aliphatic rings. The molecular formula is C18H16ClF3N6. The summed E-state index contributed by atoms with van der Waals surface area (Å²) in [5.74, 6) is 0.497. The van der Waals surface area contributed by atoms with Crippen LogP contribution in [0.3, 0.4) is 0 Å². The largest absolute Gasteiger partial charge is 0.417 e. The fourth-order valence-electron chi connectivity index (χ4n) is 2.35. The number of nitrogen functional groups attached to an aromatic ring is 1. The monoisotopic (exact) mass is 408 g/mol. The number of nitrogens with zero attached hydrogens (tertiary/aromatic N) is 3. The number of aryl methyl sites for hydroxylation is 2. The second kappa shape index (κ2) is 7.51. The van der Waals surface area contributed by atoms with E-state index in [0.717, 1.165) is 22.9 Å². The SMILES string of the molecule is Cc1ccc(Nc2ncnc(Nc3ncc(C(F)(F)F)cc3Cl)c2N)cc1C. The second-order valence-electron chi connectivity index (χ2n) is 6.09. The van der Waals surface area contributed by atoms with Crippen LogP contribution in [0.25, 0.3) is 0 Å². The van der Waals surface area contributed by atoms with Crippen molar-refractivity contribution in [1.29, 1.82) is 0 Å². The van der Waals surface area contributed by atoms with Gasteiger partial charge < -0.3 is 16.4 Å². The lowest BCUT2D eigenvalue weighted by Crippen LogP contribution is -2.08. The fourth-order valence-corrected chi connectivity index (χ4v) is 2.56. The van der Waals surface area contributed by atoms with Crippen molar-refractivity contribution >= 4 is 40.4 Å². The van der Waals surface area contributed by atoms with Crippen molar-refractivity contribution in [2.75, 3.05) is 16.4 Å². The van der Waals surface area contributed by atoms with Crippen molar-refractivity contribution in [3.8, 4) is 0 Å². The van der Waals surface area contributed by atoms with Gasteiger partial charge in [-0.05, 0) is 43.2 Å². The number of hydrogen-bond acceptors (Lipinski definition) is 6. The van der Waals surface area contributed by atoms with Gasteiger partial charge in [0.1, 0.15) is 17.8 Å². The lowest BCUT2D eigenvalue weighted by molar-refractivity contribution is -0.137. The molecule has 0 aliphatic carbocycles. The van der Waals surface area contributed by atoms with E-state index in [1.165, 1.54) is 6.33 Å². The van der Waals surface area contributed by atoms with E-state index in [9.17, 15) is 13.2 Å². The summed E-state index contributed by atoms with van der Waals surface area (Å²) in [5, 5.41) is 5.62. The number of hydrogen-bond donors (Lipinski definition) is 3. The molecule has 0 amide bonds. The molecule has 6 nitrogen and oxygen atoms in total. The van der Waals surface area contributed by atoms with Crippen molar-refractivity contribution in [3.63, 3.8) is 0 Å². The molecule has 0 unspecified atom stereocenters. The minimum atomic E-state index is -4.54. The molecule has 146 valence electrons. The van der Waals surface area contributed by atoms with E-state index in [1.807, 2.05) is 32.0 Å². The van der Waals surface area contributed by atoms with Crippen molar-refractivity contribution in [2.24, 2.45) is 0 Å². The van der Waals surface area contributed by atoms with Crippen LogP contribution in [0.2, 0.25) is 5.02 Å². The van der Waals surface area contributed by atoms with Gasteiger partial charge in [0.05, 0.1) is 10.6 Å². The predicted molar refractivity (Wildman–Crippen MR) is 103 cm³/mol. The minimum Gasteiger partial charge on any atom is -0.393 e. The Hall–Kier alpha value is -3.07. The van der Waals surface area contributed by atoms with Crippen molar-refractivity contribution in [2.45, 2.75) is 20.0 Å². The Balaban J connectivity index is 1.86. The predicted octanol–water partition coefficient (Wildman–Crippen LogP) is 5.23. The number of benzene rings is 1. The summed E-state index contributed by atoms with van der Waals surface area (Å²) < 4.78 is 38.2. The summed E-state index contributed by atoms with van der Waals surface area (Å²) in [5.41, 5.74) is 8.33. The minimum absolute atomic E-state index is 0.00260. The van der Waals surface area contributed by atoms with E-state index in [0.29, 0.717) is 12.0 Å². The van der Waals surface area contributed by atoms with Crippen LogP contribution in [0.1, 0.15) is 16.7 Å². The van der Waals surface area contributed by atoms with Gasteiger partial charge in [-0.3, -0.25) is 0 Å². The summed E-state index contributed by atoms with van der Waals surface area (Å²) in [6.07, 6.45) is -2.59. The number of pyridine rings is 1. The first-order valence-electron chi connectivity index (χ1n) is 8.09. The van der Waals surface area contributed by atoms with Gasteiger partial charge in [0, 0.05) is 11.9 Å². The molecule has 2 aromatic heterocycles. The molecule has 0 spiro atoms. The molecule has 3 rings (SSSR count). The molecule has 1 aromatic carbocycles. The van der Waals surface area contributed by atoms with Crippen LogP contribution in [0.4, 0.5) is 42.0 Å². The third-order valence-electron chi connectivity index (χ3n) is 4.06. The Bertz CT molecular complexity index is 1020. The first kappa shape index (κ1) is 19.7. The molecule has 0 fully saturated rings. The molecule has 4 N–H and O–H groups in total. The first-order valence-corrected chi connectivity index (χ1v) is 8.47. The van der Waals surface area contributed by atoms with E-state index in [4.69, 9.17) is 17.3 Å². The molecule has 0 aliphatic heterocycles. The van der Waals surface area contributed by atoms with Gasteiger partial charge in [-0.1, -0.05) is 17.7 Å². The molecule has 0 atom stereocenters. The number of nitrogens with two attached hydrogens (primary N) is 1. The van der Waals surface area contributed by atoms with Gasteiger partial charge in [-0.15, -0.1) is 0 Å². The molecule has 28 heavy (non-hydrogen) atoms. The quantitative estimate of drug-likeness (QED) is 0.547. The normalized spacial score (nSPS) is 11.4. The van der Waals surface area contributed by atoms with Gasteiger partial charge in [-0.2, -0.15) is 13.2 Å². The second-order valence-corrected chi connectivity index (χ2v) is 6.49. The Morgan fingerprint density at radius 2 is 1.61 bits per heavy atom. The number of alkyl halides is 3. The highest BCUT2D eigenvalue weighted by Gasteiger charge is 2.31. The highest BCUT2D eigenvalue weighted by Crippen LogP contribution is 2.34. The van der Waals surface area contributed by atoms with Gasteiger partial charge in [-0.25, -0.2) is 15.0 Å². The van der Waals surface area contributed by atoms with Crippen LogP contribution >= 0.6 is 11.6 Å². The molecule has 0 bridgehead atoms. The summed E-state index contributed by atoms with van der Waals surface area (Å²) in [7, 11) is 0. The molecular weight excluding hydrogens is 393 g/mol. The van der Waals surface area contributed by atoms with Crippen LogP contribution in [0, 0.1) is 13.8 Å². The van der Waals surface area contributed by atoms with Gasteiger partial charge in [0.2, 0.25) is 0 Å². The van der Waals surface area contributed by atoms with Gasteiger partial charge in [0.25, 0.3) is 0 Å². The molecule has 10 heteroatoms. The highest BCUT2D eigenvalue weighted by atomic mass is 35.5. The summed E-state index contributed by atoms with van der Waals surface area (Å²) in [6.45, 7) is 3.98. The lowest BCUT2D eigenvalue weighted by Gasteiger charge is -2.14. The van der Waals surface area contributed by atoms with E-state index in [-0.39, 0.29) is 22.3 Å². The third-order valence-corrected chi connectivity index (χ3v) is 4.35. The Kier molecular flexibility index (Phi) is 5.28.